The molecule has 0 aliphatic rings. The number of nitrogens with one attached hydrogen (secondary N) is 1. The van der Waals surface area contributed by atoms with Gasteiger partial charge in [0, 0.05) is 5.39 Å². The number of pyridine rings is 1. The number of halogens is 1. The van der Waals surface area contributed by atoms with Gasteiger partial charge in [-0.3, -0.25) is 9.78 Å². The summed E-state index contributed by atoms with van der Waals surface area (Å²) in [5.74, 6) is 0.131. The van der Waals surface area contributed by atoms with Crippen molar-refractivity contribution in [3.63, 3.8) is 0 Å². The highest BCUT2D eigenvalue weighted by Gasteiger charge is 2.17. The van der Waals surface area contributed by atoms with E-state index in [4.69, 9.17) is 16.3 Å². The van der Waals surface area contributed by atoms with Gasteiger partial charge in [-0.25, -0.2) is 0 Å². The lowest BCUT2D eigenvalue weighted by molar-refractivity contribution is 0.102. The van der Waals surface area contributed by atoms with Crippen molar-refractivity contribution in [1.82, 2.24) is 4.98 Å². The minimum absolute atomic E-state index is 0.288. The number of hydrogen-bond donors (Lipinski definition) is 1. The first kappa shape index (κ1) is 14.4. The van der Waals surface area contributed by atoms with Crippen molar-refractivity contribution in [1.29, 1.82) is 0 Å². The first-order chi connectivity index (χ1) is 10.7. The molecule has 0 saturated heterocycles. The lowest BCUT2D eigenvalue weighted by Crippen LogP contribution is -2.14. The van der Waals surface area contributed by atoms with Gasteiger partial charge >= 0.3 is 0 Å². The molecule has 0 saturated carbocycles. The third-order valence-corrected chi connectivity index (χ3v) is 3.64. The predicted molar refractivity (Wildman–Crippen MR) is 87.7 cm³/mol. The van der Waals surface area contributed by atoms with Crippen LogP contribution < -0.4 is 10.1 Å². The van der Waals surface area contributed by atoms with Crippen LogP contribution in [0.1, 0.15) is 10.4 Å². The molecule has 4 nitrogen and oxygen atoms in total. The number of carbonyl (C=O) groups is 1. The average Bonchev–Trinajstić information content (AvgIpc) is 2.55. The molecule has 5 heteroatoms. The van der Waals surface area contributed by atoms with Crippen LogP contribution in [-0.4, -0.2) is 18.0 Å². The van der Waals surface area contributed by atoms with Crippen molar-refractivity contribution in [3.8, 4) is 5.75 Å². The minimum Gasteiger partial charge on any atom is -0.494 e. The zero-order valence-electron chi connectivity index (χ0n) is 11.8. The van der Waals surface area contributed by atoms with E-state index < -0.39 is 0 Å². The molecule has 0 spiro atoms. The number of amides is 1. The smallest absolute Gasteiger partial charge is 0.260 e. The standard InChI is InChI=1S/C17H13ClN2O2/c1-22-15-10-19-13-8-4-2-6-11(13)16(15)17(21)20-14-9-5-3-7-12(14)18/h2-10H,1H3,(H,20,21). The van der Waals surface area contributed by atoms with Gasteiger partial charge in [0.1, 0.15) is 0 Å². The van der Waals surface area contributed by atoms with E-state index >= 15 is 0 Å². The summed E-state index contributed by atoms with van der Waals surface area (Å²) in [5.41, 5.74) is 1.72. The Labute approximate surface area is 132 Å². The van der Waals surface area contributed by atoms with Crippen LogP contribution in [0.5, 0.6) is 5.75 Å². The summed E-state index contributed by atoms with van der Waals surface area (Å²) in [6, 6.07) is 14.5. The topological polar surface area (TPSA) is 51.2 Å². The number of nitrogens with zero attached hydrogens (tertiary/aromatic N) is 1. The highest BCUT2D eigenvalue weighted by molar-refractivity contribution is 6.34. The van der Waals surface area contributed by atoms with Gasteiger partial charge in [0.25, 0.3) is 5.91 Å². The Kier molecular flexibility index (Phi) is 3.94. The second kappa shape index (κ2) is 6.03. The molecule has 3 aromatic rings. The number of hydrogen-bond acceptors (Lipinski definition) is 3. The van der Waals surface area contributed by atoms with Crippen LogP contribution in [0, 0.1) is 0 Å². The predicted octanol–water partition coefficient (Wildman–Crippen LogP) is 4.15. The highest BCUT2D eigenvalue weighted by atomic mass is 35.5. The van der Waals surface area contributed by atoms with E-state index in [9.17, 15) is 4.79 Å². The molecule has 1 heterocycles. The molecule has 1 N–H and O–H groups in total. The van der Waals surface area contributed by atoms with Crippen molar-refractivity contribution in [2.75, 3.05) is 12.4 Å². The number of aromatic nitrogens is 1. The Bertz CT molecular complexity index is 849. The van der Waals surface area contributed by atoms with Gasteiger partial charge in [0.15, 0.2) is 5.75 Å². The van der Waals surface area contributed by atoms with E-state index in [1.165, 1.54) is 7.11 Å². The fourth-order valence-electron chi connectivity index (χ4n) is 2.26. The molecule has 0 aliphatic heterocycles. The fraction of sp³-hybridized carbons (Fsp3) is 0.0588. The largest absolute Gasteiger partial charge is 0.494 e. The van der Waals surface area contributed by atoms with Crippen LogP contribution in [0.15, 0.2) is 54.7 Å². The minimum atomic E-state index is -0.288. The third kappa shape index (κ3) is 2.61. The van der Waals surface area contributed by atoms with Crippen LogP contribution in [0.25, 0.3) is 10.9 Å². The van der Waals surface area contributed by atoms with Crippen LogP contribution in [0.3, 0.4) is 0 Å². The van der Waals surface area contributed by atoms with E-state index in [-0.39, 0.29) is 5.91 Å². The summed E-state index contributed by atoms with van der Waals surface area (Å²) in [6.45, 7) is 0. The zero-order chi connectivity index (χ0) is 15.5. The van der Waals surface area contributed by atoms with Crippen molar-refractivity contribution >= 4 is 34.1 Å². The number of fused-ring (bicyclic) bond motifs is 1. The molecular formula is C17H13ClN2O2. The summed E-state index contributed by atoms with van der Waals surface area (Å²) in [5, 5.41) is 4.02. The number of para-hydroxylation sites is 2. The Hall–Kier alpha value is -2.59. The lowest BCUT2D eigenvalue weighted by Gasteiger charge is -2.12. The molecule has 1 amide bonds. The van der Waals surface area contributed by atoms with Crippen LogP contribution in [-0.2, 0) is 0 Å². The molecule has 22 heavy (non-hydrogen) atoms. The van der Waals surface area contributed by atoms with Gasteiger partial charge in [-0.15, -0.1) is 0 Å². The number of rotatable bonds is 3. The lowest BCUT2D eigenvalue weighted by atomic mass is 10.1. The van der Waals surface area contributed by atoms with E-state index in [0.717, 1.165) is 10.9 Å². The number of benzene rings is 2. The monoisotopic (exact) mass is 312 g/mol. The SMILES string of the molecule is COc1cnc2ccccc2c1C(=O)Nc1ccccc1Cl. The molecule has 0 aliphatic carbocycles. The summed E-state index contributed by atoms with van der Waals surface area (Å²) in [6.07, 6.45) is 1.55. The molecule has 110 valence electrons. The van der Waals surface area contributed by atoms with Gasteiger partial charge < -0.3 is 10.1 Å². The van der Waals surface area contributed by atoms with Crippen LogP contribution in [0.4, 0.5) is 5.69 Å². The number of anilines is 1. The fourth-order valence-corrected chi connectivity index (χ4v) is 2.44. The van der Waals surface area contributed by atoms with Crippen molar-refractivity contribution in [3.05, 3.63) is 65.3 Å². The highest BCUT2D eigenvalue weighted by Crippen LogP contribution is 2.28. The maximum Gasteiger partial charge on any atom is 0.260 e. The van der Waals surface area contributed by atoms with Gasteiger partial charge in [-0.2, -0.15) is 0 Å². The first-order valence-electron chi connectivity index (χ1n) is 6.68. The summed E-state index contributed by atoms with van der Waals surface area (Å²) < 4.78 is 5.29. The van der Waals surface area contributed by atoms with E-state index in [1.54, 1.807) is 24.4 Å². The molecule has 0 bridgehead atoms. The second-order valence-corrected chi connectivity index (χ2v) is 5.06. The Morgan fingerprint density at radius 2 is 1.86 bits per heavy atom. The number of carbonyl (C=O) groups excluding carboxylic acids is 1. The van der Waals surface area contributed by atoms with E-state index in [1.807, 2.05) is 30.3 Å². The Balaban J connectivity index is 2.08. The van der Waals surface area contributed by atoms with Gasteiger partial charge in [0.2, 0.25) is 0 Å². The van der Waals surface area contributed by atoms with Gasteiger partial charge in [-0.05, 0) is 18.2 Å². The number of ether oxygens (including phenoxy) is 1. The van der Waals surface area contributed by atoms with Crippen LogP contribution >= 0.6 is 11.6 Å². The molecule has 0 atom stereocenters. The molecule has 0 radical (unpaired) electrons. The Morgan fingerprint density at radius 1 is 1.14 bits per heavy atom. The van der Waals surface area contributed by atoms with Crippen molar-refractivity contribution in [2.24, 2.45) is 0 Å². The van der Waals surface area contributed by atoms with Gasteiger partial charge in [-0.1, -0.05) is 41.9 Å². The second-order valence-electron chi connectivity index (χ2n) is 4.65. The average molecular weight is 313 g/mol. The van der Waals surface area contributed by atoms with Gasteiger partial charge in [0.05, 0.1) is 35.1 Å². The maximum atomic E-state index is 12.7. The number of methoxy groups -OCH3 is 1. The third-order valence-electron chi connectivity index (χ3n) is 3.31. The zero-order valence-corrected chi connectivity index (χ0v) is 12.6. The van der Waals surface area contributed by atoms with Crippen molar-refractivity contribution in [2.45, 2.75) is 0 Å². The van der Waals surface area contributed by atoms with Crippen LogP contribution in [0.2, 0.25) is 5.02 Å². The van der Waals surface area contributed by atoms with E-state index in [0.29, 0.717) is 22.0 Å². The molecule has 0 unspecified atom stereocenters. The molecule has 3 rings (SSSR count). The summed E-state index contributed by atoms with van der Waals surface area (Å²) >= 11 is 6.09. The summed E-state index contributed by atoms with van der Waals surface area (Å²) in [4.78, 5) is 17.0. The summed E-state index contributed by atoms with van der Waals surface area (Å²) in [7, 11) is 1.51. The first-order valence-corrected chi connectivity index (χ1v) is 7.06. The van der Waals surface area contributed by atoms with Crippen molar-refractivity contribution < 1.29 is 9.53 Å². The Morgan fingerprint density at radius 3 is 2.64 bits per heavy atom. The molecule has 2 aromatic carbocycles. The maximum absolute atomic E-state index is 12.7. The quantitative estimate of drug-likeness (QED) is 0.790. The molecule has 0 fully saturated rings. The normalized spacial score (nSPS) is 10.5. The van der Waals surface area contributed by atoms with E-state index in [2.05, 4.69) is 10.3 Å². The molecule has 1 aromatic heterocycles. The molecular weight excluding hydrogens is 300 g/mol.